The summed E-state index contributed by atoms with van der Waals surface area (Å²) in [4.78, 5) is 12.9. The van der Waals surface area contributed by atoms with Crippen molar-refractivity contribution in [3.63, 3.8) is 0 Å². The van der Waals surface area contributed by atoms with Gasteiger partial charge in [0.1, 0.15) is 5.78 Å². The maximum atomic E-state index is 12.9. The molecule has 0 bridgehead atoms. The highest BCUT2D eigenvalue weighted by molar-refractivity contribution is 5.90. The molecule has 0 aliphatic carbocycles. The molecule has 0 radical (unpaired) electrons. The molecule has 110 valence electrons. The molecule has 1 aliphatic rings. The number of rotatable bonds is 4. The minimum atomic E-state index is -0.252. The number of carbonyl (C=O) groups is 1. The SMILES string of the molecule is CC(C)(C)CCC(=O)C1(c2ccccc2)CCNCC1. The number of benzene rings is 1. The molecule has 0 atom stereocenters. The van der Waals surface area contributed by atoms with E-state index >= 15 is 0 Å². The summed E-state index contributed by atoms with van der Waals surface area (Å²) < 4.78 is 0. The van der Waals surface area contributed by atoms with E-state index in [1.807, 2.05) is 6.07 Å². The van der Waals surface area contributed by atoms with E-state index in [0.717, 1.165) is 32.4 Å². The zero-order valence-electron chi connectivity index (χ0n) is 13.0. The van der Waals surface area contributed by atoms with Gasteiger partial charge in [0.2, 0.25) is 0 Å². The highest BCUT2D eigenvalue weighted by Crippen LogP contribution is 2.37. The summed E-state index contributed by atoms with van der Waals surface area (Å²) in [6, 6.07) is 10.4. The van der Waals surface area contributed by atoms with E-state index in [1.54, 1.807) is 0 Å². The minimum Gasteiger partial charge on any atom is -0.317 e. The monoisotopic (exact) mass is 273 g/mol. The molecule has 1 saturated heterocycles. The molecule has 0 aromatic heterocycles. The first-order valence-electron chi connectivity index (χ1n) is 7.74. The predicted molar refractivity (Wildman–Crippen MR) is 83.9 cm³/mol. The molecule has 2 nitrogen and oxygen atoms in total. The minimum absolute atomic E-state index is 0.223. The van der Waals surface area contributed by atoms with Crippen LogP contribution in [0.5, 0.6) is 0 Å². The fourth-order valence-corrected chi connectivity index (χ4v) is 3.07. The smallest absolute Gasteiger partial charge is 0.143 e. The molecule has 0 spiro atoms. The summed E-state index contributed by atoms with van der Waals surface area (Å²) in [6.07, 6.45) is 3.52. The predicted octanol–water partition coefficient (Wildman–Crippen LogP) is 3.70. The van der Waals surface area contributed by atoms with Crippen molar-refractivity contribution in [2.24, 2.45) is 5.41 Å². The lowest BCUT2D eigenvalue weighted by atomic mass is 9.68. The first-order chi connectivity index (χ1) is 9.44. The molecular weight excluding hydrogens is 246 g/mol. The van der Waals surface area contributed by atoms with Crippen molar-refractivity contribution in [2.45, 2.75) is 51.9 Å². The molecular formula is C18H27NO. The van der Waals surface area contributed by atoms with Crippen LogP contribution in [0.1, 0.15) is 52.0 Å². The second-order valence-electron chi connectivity index (χ2n) is 7.18. The Morgan fingerprint density at radius 1 is 1.15 bits per heavy atom. The van der Waals surface area contributed by atoms with Crippen LogP contribution >= 0.6 is 0 Å². The molecule has 0 amide bonds. The Kier molecular flexibility index (Phi) is 4.64. The lowest BCUT2D eigenvalue weighted by Gasteiger charge is -2.37. The summed E-state index contributed by atoms with van der Waals surface area (Å²) in [5.41, 5.74) is 1.18. The van der Waals surface area contributed by atoms with Crippen LogP contribution in [-0.2, 0) is 10.2 Å². The van der Waals surface area contributed by atoms with E-state index < -0.39 is 0 Å². The van der Waals surface area contributed by atoms with Gasteiger partial charge in [-0.2, -0.15) is 0 Å². The Labute approximate surface area is 123 Å². The fourth-order valence-electron chi connectivity index (χ4n) is 3.07. The first kappa shape index (κ1) is 15.2. The highest BCUT2D eigenvalue weighted by Gasteiger charge is 2.40. The zero-order chi connectivity index (χ0) is 14.6. The van der Waals surface area contributed by atoms with Gasteiger partial charge in [-0.05, 0) is 43.3 Å². The van der Waals surface area contributed by atoms with Crippen molar-refractivity contribution in [3.05, 3.63) is 35.9 Å². The quantitative estimate of drug-likeness (QED) is 0.906. The number of hydrogen-bond donors (Lipinski definition) is 1. The molecule has 1 heterocycles. The Morgan fingerprint density at radius 2 is 1.75 bits per heavy atom. The molecule has 2 rings (SSSR count). The molecule has 20 heavy (non-hydrogen) atoms. The zero-order valence-corrected chi connectivity index (χ0v) is 13.0. The molecule has 2 heteroatoms. The topological polar surface area (TPSA) is 29.1 Å². The molecule has 1 fully saturated rings. The van der Waals surface area contributed by atoms with Gasteiger partial charge in [-0.1, -0.05) is 51.1 Å². The summed E-state index contributed by atoms with van der Waals surface area (Å²) in [7, 11) is 0. The summed E-state index contributed by atoms with van der Waals surface area (Å²) in [6.45, 7) is 8.50. The number of piperidine rings is 1. The van der Waals surface area contributed by atoms with E-state index in [0.29, 0.717) is 12.2 Å². The van der Waals surface area contributed by atoms with E-state index in [-0.39, 0.29) is 10.8 Å². The van der Waals surface area contributed by atoms with Gasteiger partial charge in [-0.15, -0.1) is 0 Å². The standard InChI is InChI=1S/C18H27NO/c1-17(2,3)10-9-16(20)18(11-13-19-14-12-18)15-7-5-4-6-8-15/h4-8,19H,9-14H2,1-3H3. The van der Waals surface area contributed by atoms with Crippen LogP contribution in [0.25, 0.3) is 0 Å². The average Bonchev–Trinajstić information content (AvgIpc) is 2.45. The average molecular weight is 273 g/mol. The molecule has 1 N–H and O–H groups in total. The van der Waals surface area contributed by atoms with E-state index in [9.17, 15) is 4.79 Å². The molecule has 0 unspecified atom stereocenters. The second kappa shape index (κ2) is 6.09. The maximum Gasteiger partial charge on any atom is 0.143 e. The molecule has 1 aromatic rings. The Bertz CT molecular complexity index is 438. The highest BCUT2D eigenvalue weighted by atomic mass is 16.1. The van der Waals surface area contributed by atoms with Crippen LogP contribution in [0.2, 0.25) is 0 Å². The Morgan fingerprint density at radius 3 is 2.30 bits per heavy atom. The third-order valence-electron chi connectivity index (χ3n) is 4.42. The van der Waals surface area contributed by atoms with Crippen molar-refractivity contribution in [3.8, 4) is 0 Å². The van der Waals surface area contributed by atoms with E-state index in [2.05, 4.69) is 50.4 Å². The summed E-state index contributed by atoms with van der Waals surface area (Å²) in [5.74, 6) is 0.431. The van der Waals surface area contributed by atoms with Gasteiger partial charge < -0.3 is 5.32 Å². The van der Waals surface area contributed by atoms with Gasteiger partial charge >= 0.3 is 0 Å². The van der Waals surface area contributed by atoms with Crippen molar-refractivity contribution in [2.75, 3.05) is 13.1 Å². The largest absolute Gasteiger partial charge is 0.317 e. The molecule has 1 aliphatic heterocycles. The van der Waals surface area contributed by atoms with Crippen molar-refractivity contribution in [1.29, 1.82) is 0 Å². The van der Waals surface area contributed by atoms with Crippen LogP contribution < -0.4 is 5.32 Å². The number of ketones is 1. The number of carbonyl (C=O) groups excluding carboxylic acids is 1. The van der Waals surface area contributed by atoms with Crippen LogP contribution in [0.3, 0.4) is 0 Å². The van der Waals surface area contributed by atoms with Crippen LogP contribution in [-0.4, -0.2) is 18.9 Å². The number of nitrogens with one attached hydrogen (secondary N) is 1. The van der Waals surface area contributed by atoms with Gasteiger partial charge in [0, 0.05) is 6.42 Å². The normalized spacial score (nSPS) is 18.8. The third-order valence-corrected chi connectivity index (χ3v) is 4.42. The second-order valence-corrected chi connectivity index (χ2v) is 7.18. The lowest BCUT2D eigenvalue weighted by Crippen LogP contribution is -2.45. The number of hydrogen-bond acceptors (Lipinski definition) is 2. The Balaban J connectivity index is 2.21. The third kappa shape index (κ3) is 3.49. The molecule has 1 aromatic carbocycles. The number of Topliss-reactive ketones (excluding diaryl/α,β-unsaturated/α-hetero) is 1. The van der Waals surface area contributed by atoms with Gasteiger partial charge in [0.15, 0.2) is 0 Å². The van der Waals surface area contributed by atoms with Crippen molar-refractivity contribution >= 4 is 5.78 Å². The maximum absolute atomic E-state index is 12.9. The fraction of sp³-hybridized carbons (Fsp3) is 0.611. The summed E-state index contributed by atoms with van der Waals surface area (Å²) >= 11 is 0. The van der Waals surface area contributed by atoms with Gasteiger partial charge in [-0.25, -0.2) is 0 Å². The molecule has 0 saturated carbocycles. The van der Waals surface area contributed by atoms with Crippen LogP contribution in [0.15, 0.2) is 30.3 Å². The van der Waals surface area contributed by atoms with Gasteiger partial charge in [0.05, 0.1) is 5.41 Å². The van der Waals surface area contributed by atoms with Crippen molar-refractivity contribution < 1.29 is 4.79 Å². The van der Waals surface area contributed by atoms with E-state index in [1.165, 1.54) is 5.56 Å². The first-order valence-corrected chi connectivity index (χ1v) is 7.74. The van der Waals surface area contributed by atoms with E-state index in [4.69, 9.17) is 0 Å². The van der Waals surface area contributed by atoms with Gasteiger partial charge in [0.25, 0.3) is 0 Å². The van der Waals surface area contributed by atoms with Gasteiger partial charge in [-0.3, -0.25) is 4.79 Å². The van der Waals surface area contributed by atoms with Crippen LogP contribution in [0.4, 0.5) is 0 Å². The lowest BCUT2D eigenvalue weighted by molar-refractivity contribution is -0.126. The van der Waals surface area contributed by atoms with Crippen molar-refractivity contribution in [1.82, 2.24) is 5.32 Å². The summed E-state index contributed by atoms with van der Waals surface area (Å²) in [5, 5.41) is 3.38. The Hall–Kier alpha value is -1.15. The van der Waals surface area contributed by atoms with Crippen LogP contribution in [0, 0.1) is 5.41 Å².